The van der Waals surface area contributed by atoms with Gasteiger partial charge >= 0.3 is 0 Å². The third-order valence-corrected chi connectivity index (χ3v) is 2.91. The summed E-state index contributed by atoms with van der Waals surface area (Å²) in [5.74, 6) is 1.57. The van der Waals surface area contributed by atoms with Crippen molar-refractivity contribution in [1.29, 1.82) is 0 Å². The molecule has 1 aliphatic heterocycles. The van der Waals surface area contributed by atoms with Crippen LogP contribution in [0.4, 0.5) is 11.6 Å². The first-order valence-electron chi connectivity index (χ1n) is 5.19. The fourth-order valence-electron chi connectivity index (χ4n) is 1.76. The highest BCUT2D eigenvalue weighted by molar-refractivity contribution is 5.41. The number of rotatable bonds is 1. The molecule has 82 valence electrons. The molecular weight excluding hydrogens is 192 g/mol. The second-order valence-corrected chi connectivity index (χ2v) is 4.10. The Labute approximate surface area is 88.9 Å². The number of piperidine rings is 1. The van der Waals surface area contributed by atoms with Gasteiger partial charge in [0, 0.05) is 13.1 Å². The van der Waals surface area contributed by atoms with Gasteiger partial charge in [-0.25, -0.2) is 0 Å². The van der Waals surface area contributed by atoms with Gasteiger partial charge in [0.15, 0.2) is 5.82 Å². The zero-order valence-electron chi connectivity index (χ0n) is 8.80. The number of aliphatic hydroxyl groups is 1. The van der Waals surface area contributed by atoms with Gasteiger partial charge in [-0.1, -0.05) is 6.92 Å². The summed E-state index contributed by atoms with van der Waals surface area (Å²) in [6.45, 7) is 3.60. The van der Waals surface area contributed by atoms with Crippen molar-refractivity contribution in [3.05, 3.63) is 12.1 Å². The smallest absolute Gasteiger partial charge is 0.151 e. The van der Waals surface area contributed by atoms with E-state index in [2.05, 4.69) is 17.1 Å². The van der Waals surface area contributed by atoms with Crippen LogP contribution in [0, 0.1) is 5.92 Å². The van der Waals surface area contributed by atoms with E-state index in [4.69, 9.17) is 5.73 Å². The van der Waals surface area contributed by atoms with E-state index in [9.17, 15) is 5.11 Å². The molecule has 5 heteroatoms. The van der Waals surface area contributed by atoms with Gasteiger partial charge in [-0.15, -0.1) is 10.2 Å². The van der Waals surface area contributed by atoms with Crippen molar-refractivity contribution >= 4 is 11.6 Å². The maximum Gasteiger partial charge on any atom is 0.151 e. The fourth-order valence-corrected chi connectivity index (χ4v) is 1.76. The molecule has 0 amide bonds. The average molecular weight is 208 g/mol. The first kappa shape index (κ1) is 10.2. The molecular formula is C10H16N4O. The molecule has 1 saturated heterocycles. The van der Waals surface area contributed by atoms with Gasteiger partial charge in [0.1, 0.15) is 5.82 Å². The number of aliphatic hydroxyl groups excluding tert-OH is 1. The first-order chi connectivity index (χ1) is 7.16. The minimum absolute atomic E-state index is 0.280. The summed E-state index contributed by atoms with van der Waals surface area (Å²) in [5, 5.41) is 17.6. The van der Waals surface area contributed by atoms with Gasteiger partial charge in [-0.3, -0.25) is 0 Å². The van der Waals surface area contributed by atoms with E-state index in [1.807, 2.05) is 11.0 Å². The second kappa shape index (κ2) is 4.02. The van der Waals surface area contributed by atoms with E-state index in [-0.39, 0.29) is 6.10 Å². The van der Waals surface area contributed by atoms with E-state index in [1.165, 1.54) is 0 Å². The summed E-state index contributed by atoms with van der Waals surface area (Å²) in [6.07, 6.45) is 0.700. The number of hydrogen-bond acceptors (Lipinski definition) is 5. The van der Waals surface area contributed by atoms with Crippen LogP contribution in [0.2, 0.25) is 0 Å². The number of anilines is 2. The number of nitrogens with two attached hydrogens (primary N) is 1. The Morgan fingerprint density at radius 1 is 1.47 bits per heavy atom. The fraction of sp³-hybridized carbons (Fsp3) is 0.600. The van der Waals surface area contributed by atoms with E-state index in [0.717, 1.165) is 18.8 Å². The van der Waals surface area contributed by atoms with Crippen LogP contribution < -0.4 is 10.6 Å². The lowest BCUT2D eigenvalue weighted by atomic mass is 9.96. The Hall–Kier alpha value is -1.36. The van der Waals surface area contributed by atoms with Crippen LogP contribution in [0.3, 0.4) is 0 Å². The number of nitrogen functional groups attached to an aromatic ring is 1. The molecule has 2 heterocycles. The number of aromatic nitrogens is 2. The van der Waals surface area contributed by atoms with Crippen LogP contribution in [-0.4, -0.2) is 34.5 Å². The monoisotopic (exact) mass is 208 g/mol. The number of nitrogens with zero attached hydrogens (tertiary/aromatic N) is 3. The summed E-state index contributed by atoms with van der Waals surface area (Å²) in [6, 6.07) is 3.57. The molecule has 0 spiro atoms. The lowest BCUT2D eigenvalue weighted by Gasteiger charge is -2.34. The van der Waals surface area contributed by atoms with E-state index >= 15 is 0 Å². The summed E-state index contributed by atoms with van der Waals surface area (Å²) < 4.78 is 0. The summed E-state index contributed by atoms with van der Waals surface area (Å²) >= 11 is 0. The third-order valence-electron chi connectivity index (χ3n) is 2.91. The minimum atomic E-state index is -0.280. The predicted octanol–water partition coefficient (Wildman–Crippen LogP) is 0.266. The largest absolute Gasteiger partial charge is 0.391 e. The van der Waals surface area contributed by atoms with Crippen molar-refractivity contribution in [2.45, 2.75) is 19.4 Å². The van der Waals surface area contributed by atoms with Crippen molar-refractivity contribution < 1.29 is 5.11 Å². The molecule has 5 nitrogen and oxygen atoms in total. The van der Waals surface area contributed by atoms with E-state index in [0.29, 0.717) is 18.3 Å². The van der Waals surface area contributed by atoms with E-state index < -0.39 is 0 Å². The molecule has 1 fully saturated rings. The Morgan fingerprint density at radius 3 is 2.87 bits per heavy atom. The van der Waals surface area contributed by atoms with Gasteiger partial charge < -0.3 is 15.7 Å². The molecule has 1 aromatic heterocycles. The molecule has 0 saturated carbocycles. The third kappa shape index (κ3) is 2.18. The quantitative estimate of drug-likeness (QED) is 0.692. The molecule has 0 radical (unpaired) electrons. The molecule has 2 unspecified atom stereocenters. The molecule has 0 bridgehead atoms. The van der Waals surface area contributed by atoms with Crippen molar-refractivity contribution in [3.8, 4) is 0 Å². The highest BCUT2D eigenvalue weighted by atomic mass is 16.3. The van der Waals surface area contributed by atoms with Crippen LogP contribution in [0.25, 0.3) is 0 Å². The molecule has 2 atom stereocenters. The number of β-amino-alcohol motifs (C(OH)–C–C–N with tert-alkyl or cyclic N) is 1. The van der Waals surface area contributed by atoms with Crippen LogP contribution in [0.15, 0.2) is 12.1 Å². The molecule has 2 rings (SSSR count). The van der Waals surface area contributed by atoms with Crippen molar-refractivity contribution in [1.82, 2.24) is 10.2 Å². The summed E-state index contributed by atoms with van der Waals surface area (Å²) in [5.41, 5.74) is 5.46. The van der Waals surface area contributed by atoms with E-state index in [1.54, 1.807) is 6.07 Å². The van der Waals surface area contributed by atoms with Crippen LogP contribution in [-0.2, 0) is 0 Å². The molecule has 1 aromatic rings. The Bertz CT molecular complexity index is 327. The van der Waals surface area contributed by atoms with Gasteiger partial charge in [0.25, 0.3) is 0 Å². The Kier molecular flexibility index (Phi) is 2.73. The maximum atomic E-state index is 9.75. The highest BCUT2D eigenvalue weighted by Gasteiger charge is 2.24. The standard InChI is InChI=1S/C10H16N4O/c1-7-4-5-14(6-8(7)15)10-3-2-9(11)12-13-10/h2-3,7-8,15H,4-6H2,1H3,(H2,11,12). The van der Waals surface area contributed by atoms with Gasteiger partial charge in [-0.2, -0.15) is 0 Å². The van der Waals surface area contributed by atoms with Crippen LogP contribution >= 0.6 is 0 Å². The SMILES string of the molecule is CC1CCN(c2ccc(N)nn2)CC1O. The van der Waals surface area contributed by atoms with Crippen LogP contribution in [0.1, 0.15) is 13.3 Å². The molecule has 15 heavy (non-hydrogen) atoms. The normalized spacial score (nSPS) is 26.7. The Morgan fingerprint density at radius 2 is 2.27 bits per heavy atom. The lowest BCUT2D eigenvalue weighted by Crippen LogP contribution is -2.43. The van der Waals surface area contributed by atoms with Gasteiger partial charge in [0.2, 0.25) is 0 Å². The zero-order chi connectivity index (χ0) is 10.8. The van der Waals surface area contributed by atoms with Crippen molar-refractivity contribution in [2.24, 2.45) is 5.92 Å². The topological polar surface area (TPSA) is 75.3 Å². The zero-order valence-corrected chi connectivity index (χ0v) is 8.80. The maximum absolute atomic E-state index is 9.75. The van der Waals surface area contributed by atoms with Gasteiger partial charge in [-0.05, 0) is 24.5 Å². The van der Waals surface area contributed by atoms with Gasteiger partial charge in [0.05, 0.1) is 6.10 Å². The van der Waals surface area contributed by atoms with Crippen molar-refractivity contribution in [2.75, 3.05) is 23.7 Å². The molecule has 1 aliphatic rings. The molecule has 0 aliphatic carbocycles. The van der Waals surface area contributed by atoms with Crippen molar-refractivity contribution in [3.63, 3.8) is 0 Å². The predicted molar refractivity (Wildman–Crippen MR) is 58.4 cm³/mol. The molecule has 0 aromatic carbocycles. The first-order valence-corrected chi connectivity index (χ1v) is 5.19. The Balaban J connectivity index is 2.08. The lowest BCUT2D eigenvalue weighted by molar-refractivity contribution is 0.102. The van der Waals surface area contributed by atoms with Crippen LogP contribution in [0.5, 0.6) is 0 Å². The highest BCUT2D eigenvalue weighted by Crippen LogP contribution is 2.21. The second-order valence-electron chi connectivity index (χ2n) is 4.10. The average Bonchev–Trinajstić information content (AvgIpc) is 2.23. The molecule has 3 N–H and O–H groups in total. The summed E-state index contributed by atoms with van der Waals surface area (Å²) in [7, 11) is 0. The number of hydrogen-bond donors (Lipinski definition) is 2. The minimum Gasteiger partial charge on any atom is -0.391 e. The summed E-state index contributed by atoms with van der Waals surface area (Å²) in [4.78, 5) is 2.04.